The Morgan fingerprint density at radius 2 is 1.79 bits per heavy atom. The molecule has 0 aliphatic rings. The maximum Gasteiger partial charge on any atom is 0.490 e. The van der Waals surface area contributed by atoms with Crippen LogP contribution in [0.15, 0.2) is 18.5 Å². The van der Waals surface area contributed by atoms with Crippen molar-refractivity contribution in [2.45, 2.75) is 6.18 Å². The van der Waals surface area contributed by atoms with E-state index >= 15 is 0 Å². The average Bonchev–Trinajstić information content (AvgIpc) is 2.03. The predicted octanol–water partition coefficient (Wildman–Crippen LogP) is 0.202. The molecular formula is C6H6BClF3NO2. The van der Waals surface area contributed by atoms with Gasteiger partial charge < -0.3 is 10.0 Å². The lowest BCUT2D eigenvalue weighted by molar-refractivity contribution is -0.137. The van der Waals surface area contributed by atoms with Gasteiger partial charge in [-0.15, -0.1) is 12.4 Å². The van der Waals surface area contributed by atoms with Crippen LogP contribution in [0.25, 0.3) is 0 Å². The monoisotopic (exact) mass is 227 g/mol. The van der Waals surface area contributed by atoms with Crippen molar-refractivity contribution in [2.75, 3.05) is 0 Å². The third-order valence-electron chi connectivity index (χ3n) is 1.38. The summed E-state index contributed by atoms with van der Waals surface area (Å²) < 4.78 is 36.1. The summed E-state index contributed by atoms with van der Waals surface area (Å²) in [6.45, 7) is 0. The van der Waals surface area contributed by atoms with E-state index in [9.17, 15) is 13.2 Å². The van der Waals surface area contributed by atoms with E-state index in [4.69, 9.17) is 10.0 Å². The van der Waals surface area contributed by atoms with Gasteiger partial charge in [-0.3, -0.25) is 4.98 Å². The van der Waals surface area contributed by atoms with E-state index in [0.29, 0.717) is 12.3 Å². The number of alkyl halides is 3. The Morgan fingerprint density at radius 3 is 2.21 bits per heavy atom. The second-order valence-corrected chi connectivity index (χ2v) is 2.38. The summed E-state index contributed by atoms with van der Waals surface area (Å²) in [6.07, 6.45) is -2.94. The molecule has 0 aliphatic carbocycles. The molecule has 1 rings (SSSR count). The molecule has 3 nitrogen and oxygen atoms in total. The zero-order valence-electron chi connectivity index (χ0n) is 6.69. The topological polar surface area (TPSA) is 53.4 Å². The van der Waals surface area contributed by atoms with Crippen molar-refractivity contribution >= 4 is 25.0 Å². The molecule has 0 saturated heterocycles. The van der Waals surface area contributed by atoms with Crippen molar-refractivity contribution in [2.24, 2.45) is 0 Å². The largest absolute Gasteiger partial charge is 0.490 e. The fourth-order valence-electron chi connectivity index (χ4n) is 0.754. The second kappa shape index (κ2) is 4.63. The molecular weight excluding hydrogens is 221 g/mol. The summed E-state index contributed by atoms with van der Waals surface area (Å²) in [5, 5.41) is 17.1. The summed E-state index contributed by atoms with van der Waals surface area (Å²) in [5.41, 5.74) is -1.28. The van der Waals surface area contributed by atoms with E-state index in [-0.39, 0.29) is 17.9 Å². The molecule has 8 heteroatoms. The van der Waals surface area contributed by atoms with Crippen molar-refractivity contribution in [3.63, 3.8) is 0 Å². The Balaban J connectivity index is 0.00000169. The number of hydrogen-bond acceptors (Lipinski definition) is 3. The van der Waals surface area contributed by atoms with Crippen molar-refractivity contribution in [3.8, 4) is 0 Å². The Morgan fingerprint density at radius 1 is 1.21 bits per heavy atom. The second-order valence-electron chi connectivity index (χ2n) is 2.38. The van der Waals surface area contributed by atoms with E-state index in [2.05, 4.69) is 4.98 Å². The molecule has 0 spiro atoms. The van der Waals surface area contributed by atoms with Crippen molar-refractivity contribution < 1.29 is 23.2 Å². The molecule has 0 aromatic carbocycles. The zero-order valence-corrected chi connectivity index (χ0v) is 7.51. The number of halogens is 4. The highest BCUT2D eigenvalue weighted by Gasteiger charge is 2.31. The van der Waals surface area contributed by atoms with Gasteiger partial charge in [0.2, 0.25) is 0 Å². The molecule has 0 aliphatic heterocycles. The molecule has 0 saturated carbocycles. The zero-order chi connectivity index (χ0) is 10.1. The number of nitrogens with zero attached hydrogens (tertiary/aromatic N) is 1. The van der Waals surface area contributed by atoms with Gasteiger partial charge in [0.1, 0.15) is 0 Å². The highest BCUT2D eigenvalue weighted by Crippen LogP contribution is 2.27. The van der Waals surface area contributed by atoms with Gasteiger partial charge in [0.05, 0.1) is 5.56 Å². The first-order valence-corrected chi connectivity index (χ1v) is 3.29. The normalized spacial score (nSPS) is 10.6. The molecule has 1 aromatic rings. The van der Waals surface area contributed by atoms with E-state index in [0.717, 1.165) is 6.20 Å². The smallest absolute Gasteiger partial charge is 0.423 e. The molecule has 0 amide bonds. The minimum atomic E-state index is -4.52. The van der Waals surface area contributed by atoms with Crippen LogP contribution in [0.4, 0.5) is 13.2 Å². The van der Waals surface area contributed by atoms with Crippen LogP contribution in [0.5, 0.6) is 0 Å². The van der Waals surface area contributed by atoms with Crippen LogP contribution in [0.2, 0.25) is 0 Å². The Bertz CT molecular complexity index is 307. The van der Waals surface area contributed by atoms with Gasteiger partial charge in [-0.05, 0) is 6.07 Å². The Labute approximate surface area is 84.1 Å². The maximum atomic E-state index is 12.0. The fraction of sp³-hybridized carbons (Fsp3) is 0.167. The SMILES string of the molecule is Cl.OB(O)c1cncc(C(F)(F)F)c1. The Kier molecular flexibility index (Phi) is 4.37. The lowest BCUT2D eigenvalue weighted by Crippen LogP contribution is -2.31. The van der Waals surface area contributed by atoms with Gasteiger partial charge in [-0.1, -0.05) is 0 Å². The minimum Gasteiger partial charge on any atom is -0.423 e. The van der Waals surface area contributed by atoms with Crippen molar-refractivity contribution in [3.05, 3.63) is 24.0 Å². The predicted molar refractivity (Wildman–Crippen MR) is 46.3 cm³/mol. The Hall–Kier alpha value is -0.785. The van der Waals surface area contributed by atoms with Crippen LogP contribution in [-0.2, 0) is 6.18 Å². The molecule has 0 atom stereocenters. The first-order chi connectivity index (χ1) is 5.91. The molecule has 78 valence electrons. The number of rotatable bonds is 1. The van der Waals surface area contributed by atoms with Gasteiger partial charge >= 0.3 is 13.3 Å². The van der Waals surface area contributed by atoms with Crippen LogP contribution in [0.3, 0.4) is 0 Å². The standard InChI is InChI=1S/C6H5BF3NO2.ClH/c8-6(9,10)4-1-5(7(12)13)3-11-2-4;/h1-3,12-13H;1H. The number of pyridine rings is 1. The highest BCUT2D eigenvalue weighted by atomic mass is 35.5. The molecule has 1 heterocycles. The first-order valence-electron chi connectivity index (χ1n) is 3.29. The molecule has 0 fully saturated rings. The molecule has 2 N–H and O–H groups in total. The van der Waals surface area contributed by atoms with Crippen molar-refractivity contribution in [1.29, 1.82) is 0 Å². The van der Waals surface area contributed by atoms with Gasteiger partial charge in [-0.2, -0.15) is 13.2 Å². The van der Waals surface area contributed by atoms with Crippen LogP contribution >= 0.6 is 12.4 Å². The lowest BCUT2D eigenvalue weighted by atomic mass is 9.81. The molecule has 0 bridgehead atoms. The summed E-state index contributed by atoms with van der Waals surface area (Å²) in [6, 6.07) is 0.637. The third-order valence-corrected chi connectivity index (χ3v) is 1.38. The molecule has 0 radical (unpaired) electrons. The van der Waals surface area contributed by atoms with Crippen LogP contribution in [-0.4, -0.2) is 22.2 Å². The lowest BCUT2D eigenvalue weighted by Gasteiger charge is -2.06. The number of hydrogen-bond donors (Lipinski definition) is 2. The quantitative estimate of drug-likeness (QED) is 0.674. The molecule has 0 unspecified atom stereocenters. The van der Waals surface area contributed by atoms with E-state index in [1.54, 1.807) is 0 Å². The van der Waals surface area contributed by atoms with E-state index in [1.165, 1.54) is 0 Å². The molecule has 14 heavy (non-hydrogen) atoms. The summed E-state index contributed by atoms with van der Waals surface area (Å²) in [7, 11) is -1.94. The van der Waals surface area contributed by atoms with Gasteiger partial charge in [0.25, 0.3) is 0 Å². The van der Waals surface area contributed by atoms with Crippen molar-refractivity contribution in [1.82, 2.24) is 4.98 Å². The van der Waals surface area contributed by atoms with Crippen LogP contribution in [0, 0.1) is 0 Å². The van der Waals surface area contributed by atoms with Crippen LogP contribution < -0.4 is 5.46 Å². The average molecular weight is 227 g/mol. The molecule has 1 aromatic heterocycles. The van der Waals surface area contributed by atoms with E-state index < -0.39 is 18.9 Å². The summed E-state index contributed by atoms with van der Waals surface area (Å²) in [5.74, 6) is 0. The maximum absolute atomic E-state index is 12.0. The first kappa shape index (κ1) is 13.2. The highest BCUT2D eigenvalue weighted by molar-refractivity contribution is 6.58. The van der Waals surface area contributed by atoms with Gasteiger partial charge in [0, 0.05) is 17.9 Å². The van der Waals surface area contributed by atoms with E-state index in [1.807, 2.05) is 0 Å². The summed E-state index contributed by atoms with van der Waals surface area (Å²) in [4.78, 5) is 3.23. The summed E-state index contributed by atoms with van der Waals surface area (Å²) >= 11 is 0. The number of aromatic nitrogens is 1. The van der Waals surface area contributed by atoms with Gasteiger partial charge in [0.15, 0.2) is 0 Å². The minimum absolute atomic E-state index is 0. The third kappa shape index (κ3) is 3.17. The fourth-order valence-corrected chi connectivity index (χ4v) is 0.754. The van der Waals surface area contributed by atoms with Gasteiger partial charge in [-0.25, -0.2) is 0 Å². The van der Waals surface area contributed by atoms with Crippen LogP contribution in [0.1, 0.15) is 5.56 Å².